The van der Waals surface area contributed by atoms with E-state index in [1.165, 1.54) is 51.6 Å². The Bertz CT molecular complexity index is 156. The molecule has 0 spiro atoms. The molecule has 1 nitrogen and oxygen atoms in total. The van der Waals surface area contributed by atoms with Crippen LogP contribution >= 0.6 is 0 Å². The summed E-state index contributed by atoms with van der Waals surface area (Å²) in [5.41, 5.74) is 0. The lowest BCUT2D eigenvalue weighted by molar-refractivity contribution is 0.154. The van der Waals surface area contributed by atoms with E-state index >= 15 is 0 Å². The molecule has 0 amide bonds. The van der Waals surface area contributed by atoms with Crippen molar-refractivity contribution in [3.8, 4) is 0 Å². The van der Waals surface area contributed by atoms with Gasteiger partial charge in [-0.3, -0.25) is 0 Å². The molecule has 0 radical (unpaired) electrons. The molecule has 0 bridgehead atoms. The van der Waals surface area contributed by atoms with Crippen LogP contribution in [0.4, 0.5) is 0 Å². The standard InChI is InChI=1S/C11H19N/c1-3-7-11(8-4-1)12-9-5-2-6-10-12/h1,3,11H,2,4-10H2. The van der Waals surface area contributed by atoms with Crippen molar-refractivity contribution in [2.24, 2.45) is 0 Å². The average molecular weight is 165 g/mol. The highest BCUT2D eigenvalue weighted by molar-refractivity contribution is 4.94. The zero-order valence-electron chi connectivity index (χ0n) is 7.84. The lowest BCUT2D eigenvalue weighted by atomic mass is 9.98. The summed E-state index contributed by atoms with van der Waals surface area (Å²) in [6.07, 6.45) is 13.0. The van der Waals surface area contributed by atoms with Gasteiger partial charge in [0.15, 0.2) is 0 Å². The first-order valence-corrected chi connectivity index (χ1v) is 5.36. The SMILES string of the molecule is C1=CCC(N2CCCCC2)CC1. The predicted octanol–water partition coefficient (Wildman–Crippen LogP) is 2.58. The van der Waals surface area contributed by atoms with E-state index in [9.17, 15) is 0 Å². The van der Waals surface area contributed by atoms with Crippen LogP contribution in [0.2, 0.25) is 0 Å². The average Bonchev–Trinajstić information content (AvgIpc) is 2.21. The Hall–Kier alpha value is -0.300. The van der Waals surface area contributed by atoms with E-state index in [-0.39, 0.29) is 0 Å². The number of hydrogen-bond acceptors (Lipinski definition) is 1. The van der Waals surface area contributed by atoms with E-state index in [0.29, 0.717) is 0 Å². The third-order valence-corrected chi connectivity index (χ3v) is 3.15. The molecule has 1 heteroatoms. The minimum Gasteiger partial charge on any atom is -0.300 e. The first-order valence-electron chi connectivity index (χ1n) is 5.36. The van der Waals surface area contributed by atoms with Gasteiger partial charge >= 0.3 is 0 Å². The van der Waals surface area contributed by atoms with E-state index in [4.69, 9.17) is 0 Å². The van der Waals surface area contributed by atoms with Crippen LogP contribution in [0.15, 0.2) is 12.2 Å². The number of piperidine rings is 1. The fraction of sp³-hybridized carbons (Fsp3) is 0.818. The number of hydrogen-bond donors (Lipinski definition) is 0. The van der Waals surface area contributed by atoms with Gasteiger partial charge in [-0.1, -0.05) is 18.6 Å². The second-order valence-corrected chi connectivity index (χ2v) is 4.03. The fourth-order valence-electron chi connectivity index (χ4n) is 2.39. The molecule has 12 heavy (non-hydrogen) atoms. The van der Waals surface area contributed by atoms with Crippen LogP contribution in [0.25, 0.3) is 0 Å². The van der Waals surface area contributed by atoms with Gasteiger partial charge in [-0.2, -0.15) is 0 Å². The molecule has 1 aliphatic carbocycles. The van der Waals surface area contributed by atoms with Gasteiger partial charge < -0.3 is 4.90 Å². The van der Waals surface area contributed by atoms with Gasteiger partial charge in [0.1, 0.15) is 0 Å². The predicted molar refractivity (Wildman–Crippen MR) is 52.2 cm³/mol. The van der Waals surface area contributed by atoms with Crippen molar-refractivity contribution in [1.82, 2.24) is 4.90 Å². The molecular weight excluding hydrogens is 146 g/mol. The Balaban J connectivity index is 1.85. The summed E-state index contributed by atoms with van der Waals surface area (Å²) in [6.45, 7) is 2.72. The van der Waals surface area contributed by atoms with Crippen LogP contribution in [0.5, 0.6) is 0 Å². The first kappa shape index (κ1) is 8.31. The van der Waals surface area contributed by atoms with Gasteiger partial charge in [0.25, 0.3) is 0 Å². The molecule has 0 aromatic heterocycles. The zero-order valence-corrected chi connectivity index (χ0v) is 7.84. The lowest BCUT2D eigenvalue weighted by Gasteiger charge is -2.35. The number of likely N-dealkylation sites (tertiary alicyclic amines) is 1. The van der Waals surface area contributed by atoms with E-state index in [1.54, 1.807) is 0 Å². The maximum Gasteiger partial charge on any atom is 0.0133 e. The van der Waals surface area contributed by atoms with Crippen LogP contribution in [0, 0.1) is 0 Å². The molecule has 2 aliphatic rings. The van der Waals surface area contributed by atoms with Gasteiger partial charge in [-0.25, -0.2) is 0 Å². The van der Waals surface area contributed by atoms with E-state index in [0.717, 1.165) is 6.04 Å². The molecule has 0 aromatic carbocycles. The van der Waals surface area contributed by atoms with Gasteiger partial charge in [-0.15, -0.1) is 0 Å². The summed E-state index contributed by atoms with van der Waals surface area (Å²) in [7, 11) is 0. The zero-order chi connectivity index (χ0) is 8.23. The molecule has 2 rings (SSSR count). The molecule has 1 heterocycles. The smallest absolute Gasteiger partial charge is 0.0133 e. The molecule has 68 valence electrons. The Morgan fingerprint density at radius 2 is 1.83 bits per heavy atom. The van der Waals surface area contributed by atoms with E-state index < -0.39 is 0 Å². The minimum atomic E-state index is 0.885. The van der Waals surface area contributed by atoms with Crippen molar-refractivity contribution in [3.05, 3.63) is 12.2 Å². The Morgan fingerprint density at radius 3 is 2.50 bits per heavy atom. The largest absolute Gasteiger partial charge is 0.300 e. The van der Waals surface area contributed by atoms with Gasteiger partial charge in [0.05, 0.1) is 0 Å². The van der Waals surface area contributed by atoms with Crippen LogP contribution in [0.1, 0.15) is 38.5 Å². The molecular formula is C11H19N. The van der Waals surface area contributed by atoms with Crippen LogP contribution in [-0.4, -0.2) is 24.0 Å². The summed E-state index contributed by atoms with van der Waals surface area (Å²) >= 11 is 0. The van der Waals surface area contributed by atoms with E-state index in [2.05, 4.69) is 17.1 Å². The molecule has 1 atom stereocenters. The highest BCUT2D eigenvalue weighted by Gasteiger charge is 2.19. The van der Waals surface area contributed by atoms with Gasteiger partial charge in [-0.05, 0) is 45.2 Å². The Kier molecular flexibility index (Phi) is 2.83. The van der Waals surface area contributed by atoms with Crippen molar-refractivity contribution in [2.45, 2.75) is 44.6 Å². The summed E-state index contributed by atoms with van der Waals surface area (Å²) < 4.78 is 0. The molecule has 0 N–H and O–H groups in total. The van der Waals surface area contributed by atoms with Crippen LogP contribution < -0.4 is 0 Å². The maximum atomic E-state index is 2.70. The molecule has 0 saturated carbocycles. The topological polar surface area (TPSA) is 3.24 Å². The quantitative estimate of drug-likeness (QED) is 0.540. The third kappa shape index (κ3) is 1.89. The molecule has 1 fully saturated rings. The van der Waals surface area contributed by atoms with E-state index in [1.807, 2.05) is 0 Å². The Morgan fingerprint density at radius 1 is 1.00 bits per heavy atom. The lowest BCUT2D eigenvalue weighted by Crippen LogP contribution is -2.39. The minimum absolute atomic E-state index is 0.885. The fourth-order valence-corrected chi connectivity index (χ4v) is 2.39. The normalized spacial score (nSPS) is 32.2. The number of rotatable bonds is 1. The van der Waals surface area contributed by atoms with Crippen LogP contribution in [-0.2, 0) is 0 Å². The first-order chi connectivity index (χ1) is 5.97. The Labute approximate surface area is 75.4 Å². The van der Waals surface area contributed by atoms with Crippen molar-refractivity contribution >= 4 is 0 Å². The van der Waals surface area contributed by atoms with Crippen molar-refractivity contribution in [3.63, 3.8) is 0 Å². The highest BCUT2D eigenvalue weighted by atomic mass is 15.2. The van der Waals surface area contributed by atoms with Gasteiger partial charge in [0, 0.05) is 6.04 Å². The second-order valence-electron chi connectivity index (χ2n) is 4.03. The summed E-state index contributed by atoms with van der Waals surface area (Å²) in [5.74, 6) is 0. The monoisotopic (exact) mass is 165 g/mol. The number of nitrogens with zero attached hydrogens (tertiary/aromatic N) is 1. The van der Waals surface area contributed by atoms with Gasteiger partial charge in [0.2, 0.25) is 0 Å². The third-order valence-electron chi connectivity index (χ3n) is 3.15. The molecule has 1 saturated heterocycles. The summed E-state index contributed by atoms with van der Waals surface area (Å²) in [6, 6.07) is 0.885. The molecule has 1 aliphatic heterocycles. The van der Waals surface area contributed by atoms with Crippen molar-refractivity contribution in [2.75, 3.05) is 13.1 Å². The maximum absolute atomic E-state index is 2.70. The van der Waals surface area contributed by atoms with Crippen LogP contribution in [0.3, 0.4) is 0 Å². The molecule has 1 unspecified atom stereocenters. The van der Waals surface area contributed by atoms with Crippen molar-refractivity contribution < 1.29 is 0 Å². The highest BCUT2D eigenvalue weighted by Crippen LogP contribution is 2.21. The second kappa shape index (κ2) is 4.08. The van der Waals surface area contributed by atoms with Crippen molar-refractivity contribution in [1.29, 1.82) is 0 Å². The summed E-state index contributed by atoms with van der Waals surface area (Å²) in [5, 5.41) is 0. The summed E-state index contributed by atoms with van der Waals surface area (Å²) in [4.78, 5) is 2.70. The molecule has 0 aromatic rings. The number of allylic oxidation sites excluding steroid dienone is 1.